The molecule has 0 aromatic carbocycles. The van der Waals surface area contributed by atoms with E-state index in [-0.39, 0.29) is 12.5 Å². The summed E-state index contributed by atoms with van der Waals surface area (Å²) in [5.41, 5.74) is 0. The average molecular weight is 856 g/mol. The van der Waals surface area contributed by atoms with Crippen LogP contribution in [-0.4, -0.2) is 34.9 Å². The Morgan fingerprint density at radius 2 is 0.710 bits per heavy atom. The van der Waals surface area contributed by atoms with Gasteiger partial charge in [0, 0.05) is 6.42 Å². The lowest BCUT2D eigenvalue weighted by Crippen LogP contribution is -2.45. The fraction of sp³-hybridized carbons (Fsp3) is 0.638. The Labute approximate surface area is 384 Å². The van der Waals surface area contributed by atoms with Gasteiger partial charge < -0.3 is 15.5 Å². The molecule has 4 heteroatoms. The molecule has 4 nitrogen and oxygen atoms in total. The number of allylic oxidation sites excluding steroid dienone is 19. The maximum Gasteiger partial charge on any atom is 0.220 e. The Kier molecular flexibility index (Phi) is 49.4. The van der Waals surface area contributed by atoms with Gasteiger partial charge in [0.2, 0.25) is 5.91 Å². The van der Waals surface area contributed by atoms with Crippen LogP contribution in [0.25, 0.3) is 0 Å². The van der Waals surface area contributed by atoms with Gasteiger partial charge in [-0.05, 0) is 89.9 Å². The van der Waals surface area contributed by atoms with Crippen molar-refractivity contribution in [1.29, 1.82) is 0 Å². The molecule has 352 valence electrons. The van der Waals surface area contributed by atoms with Gasteiger partial charge in [0.05, 0.1) is 18.8 Å². The first-order valence-corrected chi connectivity index (χ1v) is 25.7. The Balaban J connectivity index is 3.69. The summed E-state index contributed by atoms with van der Waals surface area (Å²) < 4.78 is 0. The van der Waals surface area contributed by atoms with E-state index < -0.39 is 12.1 Å². The molecule has 1 amide bonds. The van der Waals surface area contributed by atoms with Gasteiger partial charge in [-0.1, -0.05) is 245 Å². The molecule has 0 aliphatic rings. The number of rotatable bonds is 45. The zero-order chi connectivity index (χ0) is 44.9. The molecule has 0 aliphatic heterocycles. The minimum absolute atomic E-state index is 0.0877. The largest absolute Gasteiger partial charge is 0.394 e. The monoisotopic (exact) mass is 856 g/mol. The first-order chi connectivity index (χ1) is 30.7. The summed E-state index contributed by atoms with van der Waals surface area (Å²) in [5, 5.41) is 23.1. The van der Waals surface area contributed by atoms with Gasteiger partial charge in [0.25, 0.3) is 0 Å². The molecule has 0 fully saturated rings. The van der Waals surface area contributed by atoms with Crippen molar-refractivity contribution in [2.24, 2.45) is 0 Å². The summed E-state index contributed by atoms with van der Waals surface area (Å²) in [6, 6.07) is -0.642. The van der Waals surface area contributed by atoms with Gasteiger partial charge in [-0.25, -0.2) is 0 Å². The third kappa shape index (κ3) is 47.8. The highest BCUT2D eigenvalue weighted by molar-refractivity contribution is 5.76. The van der Waals surface area contributed by atoms with Gasteiger partial charge >= 0.3 is 0 Å². The van der Waals surface area contributed by atoms with Crippen molar-refractivity contribution >= 4 is 5.91 Å². The summed E-state index contributed by atoms with van der Waals surface area (Å²) in [7, 11) is 0. The van der Waals surface area contributed by atoms with Crippen molar-refractivity contribution in [2.75, 3.05) is 6.61 Å². The van der Waals surface area contributed by atoms with Crippen molar-refractivity contribution in [3.05, 3.63) is 122 Å². The van der Waals surface area contributed by atoms with Gasteiger partial charge in [-0.2, -0.15) is 0 Å². The third-order valence-electron chi connectivity index (χ3n) is 11.0. The molecule has 0 bridgehead atoms. The highest BCUT2D eigenvalue weighted by Crippen LogP contribution is 2.14. The lowest BCUT2D eigenvalue weighted by Gasteiger charge is -2.20. The maximum atomic E-state index is 12.4. The van der Waals surface area contributed by atoms with Crippen molar-refractivity contribution in [3.8, 4) is 0 Å². The summed E-state index contributed by atoms with van der Waals surface area (Å²) in [5.74, 6) is -0.0877. The van der Waals surface area contributed by atoms with E-state index in [0.29, 0.717) is 6.42 Å². The van der Waals surface area contributed by atoms with Crippen molar-refractivity contribution in [3.63, 3.8) is 0 Å². The molecule has 0 aliphatic carbocycles. The van der Waals surface area contributed by atoms with Crippen LogP contribution in [0.1, 0.15) is 219 Å². The summed E-state index contributed by atoms with van der Waals surface area (Å²) in [6.45, 7) is 4.18. The summed E-state index contributed by atoms with van der Waals surface area (Å²) >= 11 is 0. The maximum absolute atomic E-state index is 12.4. The number of hydrogen-bond acceptors (Lipinski definition) is 3. The van der Waals surface area contributed by atoms with Gasteiger partial charge in [-0.15, -0.1) is 0 Å². The van der Waals surface area contributed by atoms with E-state index in [0.717, 1.165) is 96.3 Å². The number of nitrogens with one attached hydrogen (secondary N) is 1. The third-order valence-corrected chi connectivity index (χ3v) is 11.0. The van der Waals surface area contributed by atoms with Crippen LogP contribution in [0, 0.1) is 0 Å². The summed E-state index contributed by atoms with van der Waals surface area (Å²) in [6.07, 6.45) is 80.4. The molecule has 0 spiro atoms. The van der Waals surface area contributed by atoms with Gasteiger partial charge in [0.1, 0.15) is 0 Å². The topological polar surface area (TPSA) is 69.6 Å². The molecule has 0 radical (unpaired) electrons. The van der Waals surface area contributed by atoms with Crippen LogP contribution >= 0.6 is 0 Å². The Bertz CT molecular complexity index is 1240. The van der Waals surface area contributed by atoms with Crippen LogP contribution in [0.4, 0.5) is 0 Å². The lowest BCUT2D eigenvalue weighted by molar-refractivity contribution is -0.123. The fourth-order valence-corrected chi connectivity index (χ4v) is 7.05. The molecule has 0 aromatic heterocycles. The normalized spacial score (nSPS) is 13.9. The quantitative estimate of drug-likeness (QED) is 0.0422. The molecule has 0 saturated carbocycles. The van der Waals surface area contributed by atoms with Crippen LogP contribution in [0.3, 0.4) is 0 Å². The number of amides is 1. The molecular weight excluding hydrogens is 759 g/mol. The van der Waals surface area contributed by atoms with E-state index in [2.05, 4.69) is 129 Å². The number of aliphatic hydroxyl groups is 2. The standard InChI is InChI=1S/C58H97NO3/c1-3-5-7-9-11-13-15-17-19-21-22-23-24-25-26-27-28-29-30-31-32-33-34-35-36-38-40-42-44-46-48-50-52-54-58(62)59-56(55-60)57(61)53-51-49-47-45-43-41-39-37-20-18-16-14-12-10-8-6-4-2/h5,7,11,13,17,19,22-23,25-26,28-29,31-32,34-35,38,40,51,53,56-57,60-61H,3-4,6,8-10,12,14-16,18,20-21,24,27,30,33,36-37,39,41-50,52,54-55H2,1-2H3,(H,59,62)/b7-5-,13-11-,19-17-,23-22-,26-25-,29-28-,32-31-,35-34-,40-38-,53-51+. The van der Waals surface area contributed by atoms with Crippen LogP contribution in [0.5, 0.6) is 0 Å². The molecule has 2 unspecified atom stereocenters. The van der Waals surface area contributed by atoms with Gasteiger partial charge in [-0.3, -0.25) is 4.79 Å². The predicted molar refractivity (Wildman–Crippen MR) is 276 cm³/mol. The smallest absolute Gasteiger partial charge is 0.220 e. The highest BCUT2D eigenvalue weighted by Gasteiger charge is 2.17. The first-order valence-electron chi connectivity index (χ1n) is 25.7. The minimum Gasteiger partial charge on any atom is -0.394 e. The second kappa shape index (κ2) is 52.1. The first kappa shape index (κ1) is 58.8. The van der Waals surface area contributed by atoms with E-state index in [1.54, 1.807) is 6.08 Å². The van der Waals surface area contributed by atoms with E-state index in [4.69, 9.17) is 0 Å². The highest BCUT2D eigenvalue weighted by atomic mass is 16.3. The molecule has 0 aromatic rings. The summed E-state index contributed by atoms with van der Waals surface area (Å²) in [4.78, 5) is 12.4. The molecule has 0 saturated heterocycles. The number of carbonyl (C=O) groups is 1. The van der Waals surface area contributed by atoms with Gasteiger partial charge in [0.15, 0.2) is 0 Å². The molecule has 2 atom stereocenters. The Hall–Kier alpha value is -3.21. The predicted octanol–water partition coefficient (Wildman–Crippen LogP) is 16.9. The average Bonchev–Trinajstić information content (AvgIpc) is 3.28. The molecular formula is C58H97NO3. The molecule has 3 N–H and O–H groups in total. The zero-order valence-corrected chi connectivity index (χ0v) is 40.3. The number of aliphatic hydroxyl groups excluding tert-OH is 2. The zero-order valence-electron chi connectivity index (χ0n) is 40.3. The van der Waals surface area contributed by atoms with E-state index in [9.17, 15) is 15.0 Å². The second-order valence-corrected chi connectivity index (χ2v) is 16.9. The van der Waals surface area contributed by atoms with Crippen LogP contribution in [0.2, 0.25) is 0 Å². The lowest BCUT2D eigenvalue weighted by atomic mass is 10.0. The van der Waals surface area contributed by atoms with E-state index >= 15 is 0 Å². The van der Waals surface area contributed by atoms with Crippen molar-refractivity contribution in [1.82, 2.24) is 5.32 Å². The minimum atomic E-state index is -0.856. The Morgan fingerprint density at radius 3 is 1.06 bits per heavy atom. The number of carbonyl (C=O) groups excluding carboxylic acids is 1. The van der Waals surface area contributed by atoms with Crippen LogP contribution in [-0.2, 0) is 4.79 Å². The number of hydrogen-bond donors (Lipinski definition) is 3. The number of unbranched alkanes of at least 4 members (excludes halogenated alkanes) is 20. The molecule has 0 heterocycles. The van der Waals surface area contributed by atoms with E-state index in [1.807, 2.05) is 6.08 Å². The van der Waals surface area contributed by atoms with Crippen LogP contribution in [0.15, 0.2) is 122 Å². The van der Waals surface area contributed by atoms with Crippen molar-refractivity contribution in [2.45, 2.75) is 231 Å². The SMILES string of the molecule is CC/C=C\C/C=C\C/C=C\C/C=C\C/C=C\C/C=C\C/C=C\C/C=C\C/C=C\CCCCCCCC(=O)NC(CO)C(O)/C=C/CCCCCCCCCCCCCCCCC. The second-order valence-electron chi connectivity index (χ2n) is 16.9. The molecule has 0 rings (SSSR count). The van der Waals surface area contributed by atoms with E-state index in [1.165, 1.54) is 103 Å². The van der Waals surface area contributed by atoms with Crippen molar-refractivity contribution < 1.29 is 15.0 Å². The fourth-order valence-electron chi connectivity index (χ4n) is 7.05. The molecule has 62 heavy (non-hydrogen) atoms. The Morgan fingerprint density at radius 1 is 0.403 bits per heavy atom. The van der Waals surface area contributed by atoms with Crippen LogP contribution < -0.4 is 5.32 Å².